The Morgan fingerprint density at radius 3 is 2.68 bits per heavy atom. The van der Waals surface area contributed by atoms with Crippen LogP contribution in [-0.4, -0.2) is 41.7 Å². The van der Waals surface area contributed by atoms with Gasteiger partial charge in [-0.25, -0.2) is 4.98 Å². The standard InChI is InChI=1S/C30H28N8/c1-2-5-19(4-1)14-32-15-20-12-22(18-33-16-20)24-7-8-26-29(36-24)30(38-37-26)27-13-23-25(35-27)9-11-34-28(23)21-6-3-10-31-17-21/h3,6-13,16-19,32,35H,1-2,4-5,14-15H2,(H,37,38). The van der Waals surface area contributed by atoms with Crippen LogP contribution in [0.25, 0.3) is 55.8 Å². The van der Waals surface area contributed by atoms with Gasteiger partial charge in [0.1, 0.15) is 11.2 Å². The molecule has 0 aliphatic heterocycles. The molecule has 188 valence electrons. The van der Waals surface area contributed by atoms with Gasteiger partial charge in [-0.3, -0.25) is 20.1 Å². The van der Waals surface area contributed by atoms with Gasteiger partial charge >= 0.3 is 0 Å². The smallest absolute Gasteiger partial charge is 0.135 e. The number of fused-ring (bicyclic) bond motifs is 2. The Labute approximate surface area is 220 Å². The zero-order chi connectivity index (χ0) is 25.3. The number of hydrogen-bond donors (Lipinski definition) is 3. The molecule has 0 amide bonds. The van der Waals surface area contributed by atoms with E-state index in [1.807, 2.05) is 55.1 Å². The second-order valence-electron chi connectivity index (χ2n) is 10.1. The zero-order valence-corrected chi connectivity index (χ0v) is 21.0. The fourth-order valence-electron chi connectivity index (χ4n) is 5.52. The minimum atomic E-state index is 0.775. The van der Waals surface area contributed by atoms with Crippen molar-refractivity contribution in [3.63, 3.8) is 0 Å². The van der Waals surface area contributed by atoms with Crippen molar-refractivity contribution in [2.75, 3.05) is 6.54 Å². The molecule has 7 rings (SSSR count). The SMILES string of the molecule is c1cncc(-c2nccc3[nH]c(-c4n[nH]c5ccc(-c6cncc(CNCC7CCCC7)c6)nc45)cc23)c1. The van der Waals surface area contributed by atoms with E-state index >= 15 is 0 Å². The Hall–Kier alpha value is -4.43. The van der Waals surface area contributed by atoms with E-state index in [2.05, 4.69) is 47.6 Å². The van der Waals surface area contributed by atoms with E-state index in [-0.39, 0.29) is 0 Å². The zero-order valence-electron chi connectivity index (χ0n) is 21.0. The summed E-state index contributed by atoms with van der Waals surface area (Å²) in [6.07, 6.45) is 14.7. The van der Waals surface area contributed by atoms with Crippen LogP contribution in [-0.2, 0) is 6.54 Å². The van der Waals surface area contributed by atoms with Crippen LogP contribution in [0.5, 0.6) is 0 Å². The fourth-order valence-corrected chi connectivity index (χ4v) is 5.52. The quantitative estimate of drug-likeness (QED) is 0.252. The number of nitrogens with zero attached hydrogens (tertiary/aromatic N) is 5. The van der Waals surface area contributed by atoms with Gasteiger partial charge in [-0.15, -0.1) is 0 Å². The van der Waals surface area contributed by atoms with E-state index < -0.39 is 0 Å². The molecule has 0 unspecified atom stereocenters. The summed E-state index contributed by atoms with van der Waals surface area (Å²) in [4.78, 5) is 21.9. The molecule has 3 N–H and O–H groups in total. The number of pyridine rings is 4. The summed E-state index contributed by atoms with van der Waals surface area (Å²) in [6, 6.07) is 14.2. The Balaban J connectivity index is 1.20. The van der Waals surface area contributed by atoms with Crippen LogP contribution >= 0.6 is 0 Å². The topological polar surface area (TPSA) is 108 Å². The number of nitrogens with one attached hydrogen (secondary N) is 3. The van der Waals surface area contributed by atoms with Crippen LogP contribution in [0.1, 0.15) is 31.2 Å². The Morgan fingerprint density at radius 2 is 1.79 bits per heavy atom. The van der Waals surface area contributed by atoms with Crippen LogP contribution in [0.3, 0.4) is 0 Å². The number of rotatable bonds is 7. The van der Waals surface area contributed by atoms with E-state index in [0.29, 0.717) is 0 Å². The first-order valence-electron chi connectivity index (χ1n) is 13.2. The van der Waals surface area contributed by atoms with Crippen molar-refractivity contribution in [1.82, 2.24) is 40.4 Å². The summed E-state index contributed by atoms with van der Waals surface area (Å²) in [6.45, 7) is 1.90. The Kier molecular flexibility index (Phi) is 5.86. The largest absolute Gasteiger partial charge is 0.353 e. The van der Waals surface area contributed by atoms with Crippen LogP contribution in [0, 0.1) is 5.92 Å². The summed E-state index contributed by atoms with van der Waals surface area (Å²) in [5.41, 5.74) is 9.25. The molecule has 1 aliphatic rings. The maximum absolute atomic E-state index is 5.02. The molecule has 1 fully saturated rings. The molecule has 0 aromatic carbocycles. The lowest BCUT2D eigenvalue weighted by molar-refractivity contribution is 0.489. The Bertz CT molecular complexity index is 1710. The second-order valence-corrected chi connectivity index (χ2v) is 10.1. The molecular formula is C30H28N8. The number of H-pyrrole nitrogens is 2. The van der Waals surface area contributed by atoms with Gasteiger partial charge < -0.3 is 10.3 Å². The van der Waals surface area contributed by atoms with E-state index in [4.69, 9.17) is 4.98 Å². The molecule has 1 aliphatic carbocycles. The third kappa shape index (κ3) is 4.33. The first kappa shape index (κ1) is 22.7. The highest BCUT2D eigenvalue weighted by atomic mass is 15.1. The molecule has 0 saturated heterocycles. The molecule has 1 saturated carbocycles. The molecule has 6 heterocycles. The normalized spacial score (nSPS) is 14.1. The summed E-state index contributed by atoms with van der Waals surface area (Å²) in [7, 11) is 0. The van der Waals surface area contributed by atoms with Gasteiger partial charge in [0.15, 0.2) is 0 Å². The maximum atomic E-state index is 5.02. The minimum Gasteiger partial charge on any atom is -0.353 e. The van der Waals surface area contributed by atoms with Gasteiger partial charge in [0.25, 0.3) is 0 Å². The molecule has 0 atom stereocenters. The summed E-state index contributed by atoms with van der Waals surface area (Å²) in [5, 5.41) is 12.4. The molecule has 0 bridgehead atoms. The van der Waals surface area contributed by atoms with Gasteiger partial charge in [0.2, 0.25) is 0 Å². The molecule has 8 heteroatoms. The van der Waals surface area contributed by atoms with E-state index in [9.17, 15) is 0 Å². The molecular weight excluding hydrogens is 472 g/mol. The second kappa shape index (κ2) is 9.79. The maximum Gasteiger partial charge on any atom is 0.135 e. The first-order chi connectivity index (χ1) is 18.8. The van der Waals surface area contributed by atoms with E-state index in [1.165, 1.54) is 31.2 Å². The molecule has 6 aromatic heterocycles. The van der Waals surface area contributed by atoms with Crippen molar-refractivity contribution >= 4 is 21.9 Å². The van der Waals surface area contributed by atoms with Gasteiger partial charge in [0.05, 0.1) is 22.6 Å². The molecule has 8 nitrogen and oxygen atoms in total. The third-order valence-electron chi connectivity index (χ3n) is 7.47. The Morgan fingerprint density at radius 1 is 0.868 bits per heavy atom. The monoisotopic (exact) mass is 500 g/mol. The van der Waals surface area contributed by atoms with E-state index in [1.54, 1.807) is 6.20 Å². The molecule has 0 radical (unpaired) electrons. The highest BCUT2D eigenvalue weighted by Crippen LogP contribution is 2.33. The highest BCUT2D eigenvalue weighted by molar-refractivity contribution is 5.99. The third-order valence-corrected chi connectivity index (χ3v) is 7.47. The average molecular weight is 501 g/mol. The van der Waals surface area contributed by atoms with Crippen LogP contribution in [0.2, 0.25) is 0 Å². The molecule has 6 aromatic rings. The number of hydrogen-bond acceptors (Lipinski definition) is 6. The van der Waals surface area contributed by atoms with E-state index in [0.717, 1.165) is 74.8 Å². The van der Waals surface area contributed by atoms with Crippen LogP contribution in [0.15, 0.2) is 73.4 Å². The predicted molar refractivity (Wildman–Crippen MR) is 149 cm³/mol. The van der Waals surface area contributed by atoms with Crippen LogP contribution < -0.4 is 5.32 Å². The van der Waals surface area contributed by atoms with Gasteiger partial charge in [-0.05, 0) is 73.3 Å². The predicted octanol–water partition coefficient (Wildman–Crippen LogP) is 5.91. The van der Waals surface area contributed by atoms with Gasteiger partial charge in [-0.2, -0.15) is 5.10 Å². The van der Waals surface area contributed by atoms with Crippen molar-refractivity contribution in [3.8, 4) is 33.9 Å². The van der Waals surface area contributed by atoms with Gasteiger partial charge in [0, 0.05) is 59.6 Å². The number of aromatic nitrogens is 7. The van der Waals surface area contributed by atoms with Crippen molar-refractivity contribution in [2.24, 2.45) is 5.92 Å². The summed E-state index contributed by atoms with van der Waals surface area (Å²) < 4.78 is 0. The summed E-state index contributed by atoms with van der Waals surface area (Å²) >= 11 is 0. The average Bonchev–Trinajstić information content (AvgIpc) is 3.73. The first-order valence-corrected chi connectivity index (χ1v) is 13.2. The van der Waals surface area contributed by atoms with Crippen molar-refractivity contribution < 1.29 is 0 Å². The minimum absolute atomic E-state index is 0.775. The highest BCUT2D eigenvalue weighted by Gasteiger charge is 2.17. The number of aromatic amines is 2. The summed E-state index contributed by atoms with van der Waals surface area (Å²) in [5.74, 6) is 0.815. The lowest BCUT2D eigenvalue weighted by Gasteiger charge is -2.11. The lowest BCUT2D eigenvalue weighted by atomic mass is 10.1. The van der Waals surface area contributed by atoms with Crippen molar-refractivity contribution in [2.45, 2.75) is 32.2 Å². The van der Waals surface area contributed by atoms with Crippen molar-refractivity contribution in [3.05, 3.63) is 79.0 Å². The van der Waals surface area contributed by atoms with Crippen molar-refractivity contribution in [1.29, 1.82) is 0 Å². The lowest BCUT2D eigenvalue weighted by Crippen LogP contribution is -2.20. The fraction of sp³-hybridized carbons (Fsp3) is 0.233. The van der Waals surface area contributed by atoms with Gasteiger partial charge in [-0.1, -0.05) is 12.8 Å². The van der Waals surface area contributed by atoms with Crippen LogP contribution in [0.4, 0.5) is 0 Å². The molecule has 38 heavy (non-hydrogen) atoms. The molecule has 0 spiro atoms.